The zero-order chi connectivity index (χ0) is 18.9. The molecule has 2 N–H and O–H groups in total. The lowest BCUT2D eigenvalue weighted by atomic mass is 10.0. The third kappa shape index (κ3) is 6.20. The van der Waals surface area contributed by atoms with Gasteiger partial charge in [-0.25, -0.2) is 9.18 Å². The van der Waals surface area contributed by atoms with E-state index in [1.165, 1.54) is 37.0 Å². The second-order valence-electron chi connectivity index (χ2n) is 6.76. The molecule has 6 nitrogen and oxygen atoms in total. The Bertz CT molecular complexity index is 618. The van der Waals surface area contributed by atoms with Crippen molar-refractivity contribution in [2.24, 2.45) is 5.92 Å². The summed E-state index contributed by atoms with van der Waals surface area (Å²) in [6, 6.07) is 4.34. The van der Waals surface area contributed by atoms with Crippen LogP contribution in [-0.2, 0) is 11.3 Å². The summed E-state index contributed by atoms with van der Waals surface area (Å²) in [6.45, 7) is 1.04. The number of nitrogens with zero attached hydrogens (tertiary/aromatic N) is 1. The van der Waals surface area contributed by atoms with Gasteiger partial charge in [0, 0.05) is 33.1 Å². The number of halogens is 1. The van der Waals surface area contributed by atoms with E-state index in [-0.39, 0.29) is 24.2 Å². The monoisotopic (exact) mass is 365 g/mol. The lowest BCUT2D eigenvalue weighted by molar-refractivity contribution is -0.121. The maximum Gasteiger partial charge on any atom is 0.317 e. The minimum atomic E-state index is -0.455. The number of hydrogen-bond acceptors (Lipinski definition) is 3. The van der Waals surface area contributed by atoms with Crippen molar-refractivity contribution in [2.75, 3.05) is 27.2 Å². The van der Waals surface area contributed by atoms with E-state index in [1.807, 2.05) is 0 Å². The number of benzene rings is 1. The van der Waals surface area contributed by atoms with Crippen LogP contribution in [0.1, 0.15) is 37.7 Å². The highest BCUT2D eigenvalue weighted by Crippen LogP contribution is 2.27. The first-order chi connectivity index (χ1) is 12.5. The molecule has 0 spiro atoms. The van der Waals surface area contributed by atoms with Crippen molar-refractivity contribution in [1.82, 2.24) is 15.5 Å². The highest BCUT2D eigenvalue weighted by molar-refractivity contribution is 5.76. The van der Waals surface area contributed by atoms with Gasteiger partial charge in [-0.05, 0) is 36.5 Å². The molecule has 1 fully saturated rings. The quantitative estimate of drug-likeness (QED) is 0.696. The van der Waals surface area contributed by atoms with Crippen LogP contribution < -0.4 is 15.4 Å². The molecule has 0 bridgehead atoms. The molecule has 26 heavy (non-hydrogen) atoms. The van der Waals surface area contributed by atoms with Crippen LogP contribution in [0.25, 0.3) is 0 Å². The average molecular weight is 365 g/mol. The second-order valence-corrected chi connectivity index (χ2v) is 6.76. The van der Waals surface area contributed by atoms with E-state index in [2.05, 4.69) is 10.6 Å². The number of rotatable bonds is 8. The van der Waals surface area contributed by atoms with E-state index in [9.17, 15) is 14.0 Å². The number of nitrogens with one attached hydrogen (secondary N) is 2. The molecule has 0 atom stereocenters. The summed E-state index contributed by atoms with van der Waals surface area (Å²) >= 11 is 0. The van der Waals surface area contributed by atoms with Gasteiger partial charge in [-0.2, -0.15) is 0 Å². The number of carbonyl (C=O) groups excluding carboxylic acids is 2. The van der Waals surface area contributed by atoms with Crippen molar-refractivity contribution in [3.05, 3.63) is 29.6 Å². The Morgan fingerprint density at radius 2 is 1.92 bits per heavy atom. The molecule has 0 radical (unpaired) electrons. The first kappa shape index (κ1) is 20.0. The van der Waals surface area contributed by atoms with Gasteiger partial charge >= 0.3 is 6.03 Å². The molecule has 1 aliphatic carbocycles. The lowest BCUT2D eigenvalue weighted by Crippen LogP contribution is -2.41. The van der Waals surface area contributed by atoms with Crippen molar-refractivity contribution < 1.29 is 18.7 Å². The van der Waals surface area contributed by atoms with Gasteiger partial charge in [-0.3, -0.25) is 4.79 Å². The van der Waals surface area contributed by atoms with Gasteiger partial charge in [0.1, 0.15) is 0 Å². The number of urea groups is 1. The molecule has 0 aliphatic heterocycles. The average Bonchev–Trinajstić information content (AvgIpc) is 3.11. The van der Waals surface area contributed by atoms with Crippen LogP contribution in [0.5, 0.6) is 5.75 Å². The van der Waals surface area contributed by atoms with Crippen molar-refractivity contribution >= 4 is 11.9 Å². The Morgan fingerprint density at radius 1 is 1.23 bits per heavy atom. The highest BCUT2D eigenvalue weighted by Gasteiger charge is 2.18. The van der Waals surface area contributed by atoms with Crippen LogP contribution in [0.3, 0.4) is 0 Å². The SMILES string of the molecule is COc1ccc(CN(C)C(=O)NCCNC(=O)CC2CCCC2)cc1F. The fourth-order valence-electron chi connectivity index (χ4n) is 3.21. The van der Waals surface area contributed by atoms with Crippen LogP contribution in [0.4, 0.5) is 9.18 Å². The standard InChI is InChI=1S/C19H28FN3O3/c1-23(13-15-7-8-17(26-2)16(20)11-15)19(25)22-10-9-21-18(24)12-14-5-3-4-6-14/h7-8,11,14H,3-6,9-10,12-13H2,1-2H3,(H,21,24)(H,22,25). The first-order valence-electron chi connectivity index (χ1n) is 9.07. The molecule has 3 amide bonds. The maximum atomic E-state index is 13.7. The highest BCUT2D eigenvalue weighted by atomic mass is 19.1. The van der Waals surface area contributed by atoms with Crippen molar-refractivity contribution in [3.63, 3.8) is 0 Å². The number of ether oxygens (including phenoxy) is 1. The Kier molecular flexibility index (Phi) is 7.69. The molecule has 1 aromatic rings. The van der Waals surface area contributed by atoms with E-state index in [4.69, 9.17) is 4.74 Å². The minimum Gasteiger partial charge on any atom is -0.494 e. The van der Waals surface area contributed by atoms with E-state index in [0.29, 0.717) is 31.0 Å². The Balaban J connectivity index is 1.65. The van der Waals surface area contributed by atoms with Crippen molar-refractivity contribution in [1.29, 1.82) is 0 Å². The van der Waals surface area contributed by atoms with Crippen LogP contribution in [0.2, 0.25) is 0 Å². The van der Waals surface area contributed by atoms with Gasteiger partial charge in [0.25, 0.3) is 0 Å². The number of methoxy groups -OCH3 is 1. The minimum absolute atomic E-state index is 0.0493. The van der Waals surface area contributed by atoms with Crippen molar-refractivity contribution in [2.45, 2.75) is 38.6 Å². The third-order valence-corrected chi connectivity index (χ3v) is 4.65. The largest absolute Gasteiger partial charge is 0.494 e. The van der Waals surface area contributed by atoms with E-state index < -0.39 is 5.82 Å². The molecule has 0 aromatic heterocycles. The molecular weight excluding hydrogens is 337 g/mol. The van der Waals surface area contributed by atoms with Gasteiger partial charge in [0.15, 0.2) is 11.6 Å². The lowest BCUT2D eigenvalue weighted by Gasteiger charge is -2.18. The number of carbonyl (C=O) groups is 2. The summed E-state index contributed by atoms with van der Waals surface area (Å²) < 4.78 is 18.6. The molecule has 1 aromatic carbocycles. The summed E-state index contributed by atoms with van der Waals surface area (Å²) in [7, 11) is 3.04. The van der Waals surface area contributed by atoms with Gasteiger partial charge in [-0.15, -0.1) is 0 Å². The summed E-state index contributed by atoms with van der Waals surface area (Å²) in [5.74, 6) is 0.284. The van der Waals surface area contributed by atoms with E-state index in [0.717, 1.165) is 12.8 Å². The second kappa shape index (κ2) is 9.99. The van der Waals surface area contributed by atoms with Gasteiger partial charge in [-0.1, -0.05) is 18.9 Å². The normalized spacial score (nSPS) is 14.1. The predicted molar refractivity (Wildman–Crippen MR) is 97.4 cm³/mol. The smallest absolute Gasteiger partial charge is 0.317 e. The van der Waals surface area contributed by atoms with E-state index >= 15 is 0 Å². The van der Waals surface area contributed by atoms with Gasteiger partial charge in [0.2, 0.25) is 5.91 Å². The Morgan fingerprint density at radius 3 is 2.58 bits per heavy atom. The Labute approximate surface area is 154 Å². The zero-order valence-electron chi connectivity index (χ0n) is 15.5. The Hall–Kier alpha value is -2.31. The summed E-state index contributed by atoms with van der Waals surface area (Å²) in [5.41, 5.74) is 0.672. The van der Waals surface area contributed by atoms with Gasteiger partial charge in [0.05, 0.1) is 7.11 Å². The molecule has 0 unspecified atom stereocenters. The summed E-state index contributed by atoms with van der Waals surface area (Å²) in [6.07, 6.45) is 5.30. The summed E-state index contributed by atoms with van der Waals surface area (Å²) in [5, 5.41) is 5.58. The summed E-state index contributed by atoms with van der Waals surface area (Å²) in [4.78, 5) is 25.3. The third-order valence-electron chi connectivity index (χ3n) is 4.65. The zero-order valence-corrected chi connectivity index (χ0v) is 15.5. The van der Waals surface area contributed by atoms with Crippen molar-refractivity contribution in [3.8, 4) is 5.75 Å². The number of hydrogen-bond donors (Lipinski definition) is 2. The fourth-order valence-corrected chi connectivity index (χ4v) is 3.21. The maximum absolute atomic E-state index is 13.7. The predicted octanol–water partition coefficient (Wildman–Crippen LogP) is 2.67. The first-order valence-corrected chi connectivity index (χ1v) is 9.07. The van der Waals surface area contributed by atoms with Crippen LogP contribution in [-0.4, -0.2) is 44.1 Å². The van der Waals surface area contributed by atoms with Gasteiger partial charge < -0.3 is 20.3 Å². The van der Waals surface area contributed by atoms with Crippen LogP contribution in [0, 0.1) is 11.7 Å². The van der Waals surface area contributed by atoms with E-state index in [1.54, 1.807) is 13.1 Å². The molecule has 0 heterocycles. The molecule has 7 heteroatoms. The molecule has 1 saturated carbocycles. The topological polar surface area (TPSA) is 70.7 Å². The fraction of sp³-hybridized carbons (Fsp3) is 0.579. The number of amides is 3. The molecule has 2 rings (SSSR count). The van der Waals surface area contributed by atoms with Crippen LogP contribution in [0.15, 0.2) is 18.2 Å². The molecule has 1 aliphatic rings. The molecule has 0 saturated heterocycles. The molecular formula is C19H28FN3O3. The van der Waals surface area contributed by atoms with Crippen LogP contribution >= 0.6 is 0 Å². The molecule has 144 valence electrons.